The molecule has 1 aromatic carbocycles. The van der Waals surface area contributed by atoms with Gasteiger partial charge in [-0.25, -0.2) is 4.79 Å². The third-order valence-corrected chi connectivity index (χ3v) is 6.53. The largest absolute Gasteiger partial charge is 0.479 e. The maximum atomic E-state index is 11.5. The van der Waals surface area contributed by atoms with Crippen molar-refractivity contribution in [3.63, 3.8) is 0 Å². The average Bonchev–Trinajstić information content (AvgIpc) is 2.93. The van der Waals surface area contributed by atoms with Crippen LogP contribution in [0.2, 0.25) is 5.02 Å². The molecule has 1 saturated carbocycles. The molecule has 0 saturated heterocycles. The number of aliphatic carboxylic acids is 1. The number of rotatable bonds is 13. The average molecular weight is 572 g/mol. The molecule has 40 heavy (non-hydrogen) atoms. The number of carboxylic acid groups (broad SMARTS) is 1. The Labute approximate surface area is 250 Å². The van der Waals surface area contributed by atoms with Gasteiger partial charge in [0, 0.05) is 7.05 Å². The van der Waals surface area contributed by atoms with Gasteiger partial charge in [-0.2, -0.15) is 0 Å². The van der Waals surface area contributed by atoms with Crippen LogP contribution in [-0.2, 0) is 11.2 Å². The molecule has 4 nitrogen and oxygen atoms in total. The van der Waals surface area contributed by atoms with Crippen LogP contribution in [0.5, 0.6) is 5.75 Å². The molecule has 1 atom stereocenters. The number of para-hydroxylation sites is 1. The van der Waals surface area contributed by atoms with Crippen molar-refractivity contribution in [3.05, 3.63) is 64.7 Å². The number of carbonyl (C=O) groups is 1. The van der Waals surface area contributed by atoms with Crippen LogP contribution in [0.15, 0.2) is 59.1 Å². The number of carboxylic acids is 1. The molecule has 1 unspecified atom stereocenters. The van der Waals surface area contributed by atoms with E-state index in [0.717, 1.165) is 44.1 Å². The van der Waals surface area contributed by atoms with Gasteiger partial charge in [-0.05, 0) is 108 Å². The van der Waals surface area contributed by atoms with E-state index < -0.39 is 12.1 Å². The predicted molar refractivity (Wildman–Crippen MR) is 176 cm³/mol. The number of benzene rings is 1. The summed E-state index contributed by atoms with van der Waals surface area (Å²) in [4.78, 5) is 15.1. The first-order valence-corrected chi connectivity index (χ1v) is 15.1. The number of hydrogen-bond donors (Lipinski definition) is 1. The lowest BCUT2D eigenvalue weighted by molar-refractivity contribution is -0.145. The molecule has 0 amide bonds. The van der Waals surface area contributed by atoms with E-state index in [4.69, 9.17) is 16.3 Å². The Kier molecular flexibility index (Phi) is 26.0. The molecule has 1 aliphatic rings. The molecular weight excluding hydrogens is 518 g/mol. The van der Waals surface area contributed by atoms with Gasteiger partial charge in [-0.15, -0.1) is 12.3 Å². The van der Waals surface area contributed by atoms with Crippen LogP contribution in [-0.4, -0.2) is 30.4 Å². The lowest BCUT2D eigenvalue weighted by Crippen LogP contribution is -2.29. The fraction of sp³-hybridized carbons (Fsp3) is 0.543. The summed E-state index contributed by atoms with van der Waals surface area (Å²) in [7, 11) is 1.75. The highest BCUT2D eigenvalue weighted by Crippen LogP contribution is 2.43. The fourth-order valence-corrected chi connectivity index (χ4v) is 4.42. The van der Waals surface area contributed by atoms with Crippen LogP contribution in [0.25, 0.3) is 0 Å². The monoisotopic (exact) mass is 571 g/mol. The van der Waals surface area contributed by atoms with Crippen molar-refractivity contribution in [1.82, 2.24) is 0 Å². The van der Waals surface area contributed by atoms with E-state index in [2.05, 4.69) is 61.6 Å². The normalized spacial score (nSPS) is 16.9. The van der Waals surface area contributed by atoms with Crippen LogP contribution >= 0.6 is 11.6 Å². The number of hydrogen-bond acceptors (Lipinski definition) is 3. The first-order chi connectivity index (χ1) is 19.3. The molecule has 2 rings (SSSR count). The minimum Gasteiger partial charge on any atom is -0.479 e. The molecule has 1 fully saturated rings. The zero-order chi connectivity index (χ0) is 30.8. The van der Waals surface area contributed by atoms with E-state index in [1.165, 1.54) is 12.0 Å². The van der Waals surface area contributed by atoms with Gasteiger partial charge in [-0.3, -0.25) is 0 Å². The molecular formula is C35H54ClNO3. The lowest BCUT2D eigenvalue weighted by Gasteiger charge is -2.37. The molecule has 0 radical (unpaired) electrons. The second-order valence-electron chi connectivity index (χ2n) is 9.20. The topological polar surface area (TPSA) is 58.9 Å². The zero-order valence-electron chi connectivity index (χ0n) is 26.3. The van der Waals surface area contributed by atoms with Gasteiger partial charge in [0.1, 0.15) is 5.75 Å². The van der Waals surface area contributed by atoms with Crippen LogP contribution in [0.4, 0.5) is 0 Å². The number of allylic oxidation sites excluding steroid dienone is 6. The number of halogens is 1. The molecule has 1 aliphatic carbocycles. The highest BCUT2D eigenvalue weighted by molar-refractivity contribution is 6.32. The number of aliphatic imine (C=N–C) groups is 1. The van der Waals surface area contributed by atoms with E-state index in [-0.39, 0.29) is 0 Å². The predicted octanol–water partition coefficient (Wildman–Crippen LogP) is 10.2. The van der Waals surface area contributed by atoms with E-state index in [9.17, 15) is 9.90 Å². The molecule has 1 N–H and O–H groups in total. The Hall–Kier alpha value is -2.77. The number of terminal acetylenes is 1. The number of unbranched alkanes of at least 4 members (excludes halogenated alkanes) is 2. The molecule has 0 bridgehead atoms. The summed E-state index contributed by atoms with van der Waals surface area (Å²) in [5, 5.41) is 9.95. The zero-order valence-corrected chi connectivity index (χ0v) is 27.0. The van der Waals surface area contributed by atoms with Crippen LogP contribution in [0, 0.1) is 24.2 Å². The molecule has 5 heteroatoms. The maximum Gasteiger partial charge on any atom is 0.344 e. The van der Waals surface area contributed by atoms with E-state index in [1.54, 1.807) is 26.3 Å². The van der Waals surface area contributed by atoms with Gasteiger partial charge < -0.3 is 14.8 Å². The van der Waals surface area contributed by atoms with E-state index in [0.29, 0.717) is 29.0 Å². The first kappa shape index (κ1) is 39.4. The Morgan fingerprint density at radius 2 is 1.82 bits per heavy atom. The van der Waals surface area contributed by atoms with Gasteiger partial charge in [0.15, 0.2) is 6.10 Å². The summed E-state index contributed by atoms with van der Waals surface area (Å²) in [5.41, 5.74) is 2.44. The molecule has 1 aromatic rings. The Bertz CT molecular complexity index is 946. The van der Waals surface area contributed by atoms with Crippen LogP contribution in [0.1, 0.15) is 99.0 Å². The molecule has 224 valence electrons. The SMILES string of the molecule is C#CC.C/C=C(\C=C/CCC/C=C/C)C1CC(Cc2cccc(Cl)c2OC(CCC)C(=O)O)C1.CC.CC=NC. The Morgan fingerprint density at radius 1 is 1.23 bits per heavy atom. The van der Waals surface area contributed by atoms with Gasteiger partial charge in [0.25, 0.3) is 0 Å². The molecule has 0 aliphatic heterocycles. The second kappa shape index (κ2) is 26.5. The van der Waals surface area contributed by atoms with Crippen LogP contribution in [0.3, 0.4) is 0 Å². The number of ether oxygens (including phenoxy) is 1. The van der Waals surface area contributed by atoms with Crippen molar-refractivity contribution in [2.24, 2.45) is 16.8 Å². The van der Waals surface area contributed by atoms with E-state index in [1.807, 2.05) is 39.8 Å². The standard InChI is InChI=1S/C27H37ClO3.C3H7N.C3H4.C2H6/c1-4-7-8-9-10-11-14-21(6-3)23-18-20(19-23)17-22-15-12-16-24(28)26(22)31-25(13-5-2)27(29)30;1-3-4-2;1-3-2;1-2/h4,6-7,11-12,14-16,20,23,25H,5,8-10,13,17-19H2,1-3H3,(H,29,30);3H,1-2H3;1H,2H3;1-2H3/b7-4+,14-11-,21-6+;;;. The third-order valence-electron chi connectivity index (χ3n) is 6.23. The van der Waals surface area contributed by atoms with Crippen molar-refractivity contribution in [2.45, 2.75) is 106 Å². The fourth-order valence-electron chi connectivity index (χ4n) is 4.18. The summed E-state index contributed by atoms with van der Waals surface area (Å²) < 4.78 is 5.88. The van der Waals surface area contributed by atoms with Crippen molar-refractivity contribution < 1.29 is 14.6 Å². The summed E-state index contributed by atoms with van der Waals surface area (Å²) in [6, 6.07) is 5.71. The highest BCUT2D eigenvalue weighted by Gasteiger charge is 2.32. The van der Waals surface area contributed by atoms with Gasteiger partial charge >= 0.3 is 5.97 Å². The summed E-state index contributed by atoms with van der Waals surface area (Å²) in [6.45, 7) is 13.7. The quantitative estimate of drug-likeness (QED) is 0.0842. The minimum atomic E-state index is -0.938. The first-order valence-electron chi connectivity index (χ1n) is 14.7. The molecule has 0 spiro atoms. The second-order valence-corrected chi connectivity index (χ2v) is 9.60. The van der Waals surface area contributed by atoms with E-state index >= 15 is 0 Å². The summed E-state index contributed by atoms with van der Waals surface area (Å²) in [5.74, 6) is 3.03. The smallest absolute Gasteiger partial charge is 0.344 e. The summed E-state index contributed by atoms with van der Waals surface area (Å²) in [6.07, 6.45) is 24.5. The van der Waals surface area contributed by atoms with Gasteiger partial charge in [-0.1, -0.05) is 81.3 Å². The van der Waals surface area contributed by atoms with Gasteiger partial charge in [0.2, 0.25) is 0 Å². The van der Waals surface area contributed by atoms with Crippen LogP contribution < -0.4 is 4.74 Å². The number of nitrogens with zero attached hydrogens (tertiary/aromatic N) is 1. The maximum absolute atomic E-state index is 11.5. The Morgan fingerprint density at radius 3 is 2.33 bits per heavy atom. The van der Waals surface area contributed by atoms with Crippen molar-refractivity contribution in [2.75, 3.05) is 7.05 Å². The molecule has 0 heterocycles. The van der Waals surface area contributed by atoms with Gasteiger partial charge in [0.05, 0.1) is 5.02 Å². The minimum absolute atomic E-state index is 0.469. The lowest BCUT2D eigenvalue weighted by atomic mass is 9.68. The summed E-state index contributed by atoms with van der Waals surface area (Å²) >= 11 is 6.39. The van der Waals surface area contributed by atoms with Crippen molar-refractivity contribution in [3.8, 4) is 18.1 Å². The molecule has 0 aromatic heterocycles. The third kappa shape index (κ3) is 17.0. The van der Waals surface area contributed by atoms with Crippen molar-refractivity contribution >= 4 is 23.8 Å². The van der Waals surface area contributed by atoms with Crippen molar-refractivity contribution in [1.29, 1.82) is 0 Å². The highest BCUT2D eigenvalue weighted by atomic mass is 35.5. The Balaban J connectivity index is 0.